The standard InChI is InChI=1S/C12H11NOS/c1-7-2-3-9-8(6-7)12-11(13-9)10(14)4-5-15-12/h2-3,6,13H,4-5H2,1H3. The Bertz CT molecular complexity index is 556. The van der Waals surface area contributed by atoms with Crippen LogP contribution in [0.4, 0.5) is 0 Å². The van der Waals surface area contributed by atoms with Crippen LogP contribution in [-0.2, 0) is 0 Å². The molecular formula is C12H11NOS. The molecule has 0 amide bonds. The topological polar surface area (TPSA) is 32.9 Å². The molecule has 1 N–H and O–H groups in total. The highest BCUT2D eigenvalue weighted by Crippen LogP contribution is 2.36. The summed E-state index contributed by atoms with van der Waals surface area (Å²) < 4.78 is 0. The molecule has 76 valence electrons. The van der Waals surface area contributed by atoms with Gasteiger partial charge < -0.3 is 4.98 Å². The molecule has 3 rings (SSSR count). The lowest BCUT2D eigenvalue weighted by Crippen LogP contribution is -2.07. The van der Waals surface area contributed by atoms with Crippen LogP contribution in [0.25, 0.3) is 10.9 Å². The Morgan fingerprint density at radius 1 is 1.40 bits per heavy atom. The number of ketones is 1. The van der Waals surface area contributed by atoms with Crippen molar-refractivity contribution in [2.75, 3.05) is 5.75 Å². The monoisotopic (exact) mass is 217 g/mol. The van der Waals surface area contributed by atoms with E-state index in [-0.39, 0.29) is 5.78 Å². The molecule has 0 bridgehead atoms. The van der Waals surface area contributed by atoms with Crippen LogP contribution >= 0.6 is 11.8 Å². The molecule has 0 unspecified atom stereocenters. The number of benzene rings is 1. The number of carbonyl (C=O) groups is 1. The summed E-state index contributed by atoms with van der Waals surface area (Å²) in [6, 6.07) is 6.27. The van der Waals surface area contributed by atoms with E-state index in [1.807, 2.05) is 0 Å². The molecule has 0 saturated carbocycles. The SMILES string of the molecule is Cc1ccc2[nH]c3c(c2c1)SCCC3=O. The molecule has 0 aliphatic carbocycles. The van der Waals surface area contributed by atoms with Crippen LogP contribution in [-0.4, -0.2) is 16.5 Å². The smallest absolute Gasteiger partial charge is 0.181 e. The first-order valence-electron chi connectivity index (χ1n) is 5.04. The average Bonchev–Trinajstić information content (AvgIpc) is 2.58. The summed E-state index contributed by atoms with van der Waals surface area (Å²) in [5, 5.41) is 1.20. The molecule has 0 radical (unpaired) electrons. The van der Waals surface area contributed by atoms with E-state index in [0.717, 1.165) is 21.9 Å². The number of aromatic nitrogens is 1. The molecule has 0 atom stereocenters. The molecule has 1 aromatic carbocycles. The summed E-state index contributed by atoms with van der Waals surface area (Å²) in [6.07, 6.45) is 0.656. The molecule has 15 heavy (non-hydrogen) atoms. The summed E-state index contributed by atoms with van der Waals surface area (Å²) in [7, 11) is 0. The van der Waals surface area contributed by atoms with Gasteiger partial charge in [-0.2, -0.15) is 0 Å². The van der Waals surface area contributed by atoms with Gasteiger partial charge in [0, 0.05) is 28.0 Å². The Labute approximate surface area is 92.1 Å². The Morgan fingerprint density at radius 3 is 3.13 bits per heavy atom. The third-order valence-corrected chi connectivity index (χ3v) is 3.88. The van der Waals surface area contributed by atoms with Crippen LogP contribution in [0.1, 0.15) is 22.5 Å². The highest BCUT2D eigenvalue weighted by atomic mass is 32.2. The first-order chi connectivity index (χ1) is 7.25. The first kappa shape index (κ1) is 9.04. The van der Waals surface area contributed by atoms with Crippen molar-refractivity contribution in [3.63, 3.8) is 0 Å². The zero-order valence-corrected chi connectivity index (χ0v) is 9.28. The molecule has 2 nitrogen and oxygen atoms in total. The van der Waals surface area contributed by atoms with Crippen molar-refractivity contribution in [3.8, 4) is 0 Å². The molecule has 3 heteroatoms. The van der Waals surface area contributed by atoms with Crippen LogP contribution in [0.3, 0.4) is 0 Å². The van der Waals surface area contributed by atoms with Crippen LogP contribution in [0.2, 0.25) is 0 Å². The molecule has 2 aromatic rings. The predicted octanol–water partition coefficient (Wildman–Crippen LogP) is 3.15. The molecule has 0 fully saturated rings. The van der Waals surface area contributed by atoms with Gasteiger partial charge in [-0.15, -0.1) is 11.8 Å². The van der Waals surface area contributed by atoms with Crippen molar-refractivity contribution in [1.29, 1.82) is 0 Å². The van der Waals surface area contributed by atoms with Crippen molar-refractivity contribution in [1.82, 2.24) is 4.98 Å². The minimum Gasteiger partial charge on any atom is -0.351 e. The van der Waals surface area contributed by atoms with Gasteiger partial charge in [-0.3, -0.25) is 4.79 Å². The van der Waals surface area contributed by atoms with Crippen LogP contribution < -0.4 is 0 Å². The lowest BCUT2D eigenvalue weighted by atomic mass is 10.1. The Balaban J connectivity index is 2.36. The van der Waals surface area contributed by atoms with E-state index in [1.165, 1.54) is 10.9 Å². The molecule has 2 heterocycles. The third kappa shape index (κ3) is 1.30. The van der Waals surface area contributed by atoms with Crippen molar-refractivity contribution in [3.05, 3.63) is 29.5 Å². The minimum atomic E-state index is 0.248. The number of Topliss-reactive ketones (excluding diaryl/α,β-unsaturated/α-hetero) is 1. The van der Waals surface area contributed by atoms with E-state index in [4.69, 9.17) is 0 Å². The van der Waals surface area contributed by atoms with Gasteiger partial charge in [-0.25, -0.2) is 0 Å². The number of aryl methyl sites for hydroxylation is 1. The van der Waals surface area contributed by atoms with Crippen LogP contribution in [0.5, 0.6) is 0 Å². The van der Waals surface area contributed by atoms with Gasteiger partial charge in [-0.1, -0.05) is 11.6 Å². The summed E-state index contributed by atoms with van der Waals surface area (Å²) in [4.78, 5) is 16.1. The van der Waals surface area contributed by atoms with Gasteiger partial charge in [0.1, 0.15) is 0 Å². The molecule has 0 saturated heterocycles. The van der Waals surface area contributed by atoms with E-state index in [9.17, 15) is 4.79 Å². The highest BCUT2D eigenvalue weighted by molar-refractivity contribution is 7.99. The van der Waals surface area contributed by atoms with E-state index in [2.05, 4.69) is 30.1 Å². The van der Waals surface area contributed by atoms with Crippen molar-refractivity contribution < 1.29 is 4.79 Å². The molecule has 0 spiro atoms. The van der Waals surface area contributed by atoms with Gasteiger partial charge in [0.15, 0.2) is 5.78 Å². The Morgan fingerprint density at radius 2 is 2.27 bits per heavy atom. The number of fused-ring (bicyclic) bond motifs is 3. The van der Waals surface area contributed by atoms with E-state index >= 15 is 0 Å². The number of hydrogen-bond acceptors (Lipinski definition) is 2. The van der Waals surface area contributed by atoms with Gasteiger partial charge in [0.2, 0.25) is 0 Å². The van der Waals surface area contributed by atoms with Crippen molar-refractivity contribution in [2.24, 2.45) is 0 Å². The van der Waals surface area contributed by atoms with Crippen LogP contribution in [0, 0.1) is 6.92 Å². The highest BCUT2D eigenvalue weighted by Gasteiger charge is 2.22. The lowest BCUT2D eigenvalue weighted by molar-refractivity contribution is 0.0981. The summed E-state index contributed by atoms with van der Waals surface area (Å²) in [5.41, 5.74) is 3.13. The number of carbonyl (C=O) groups excluding carboxylic acids is 1. The second-order valence-electron chi connectivity index (χ2n) is 3.90. The fourth-order valence-electron chi connectivity index (χ4n) is 2.00. The van der Waals surface area contributed by atoms with Crippen LogP contribution in [0.15, 0.2) is 23.1 Å². The second kappa shape index (κ2) is 3.14. The average molecular weight is 217 g/mol. The number of rotatable bonds is 0. The Hall–Kier alpha value is -1.22. The predicted molar refractivity (Wildman–Crippen MR) is 62.7 cm³/mol. The lowest BCUT2D eigenvalue weighted by Gasteiger charge is -2.08. The number of hydrogen-bond donors (Lipinski definition) is 1. The summed E-state index contributed by atoms with van der Waals surface area (Å²) in [5.74, 6) is 1.16. The Kier molecular flexibility index (Phi) is 1.89. The second-order valence-corrected chi connectivity index (χ2v) is 5.00. The number of aromatic amines is 1. The normalized spacial score (nSPS) is 15.7. The number of thioether (sulfide) groups is 1. The van der Waals surface area contributed by atoms with Crippen molar-refractivity contribution >= 4 is 28.4 Å². The van der Waals surface area contributed by atoms with Gasteiger partial charge >= 0.3 is 0 Å². The summed E-state index contributed by atoms with van der Waals surface area (Å²) >= 11 is 1.79. The fourth-order valence-corrected chi connectivity index (χ4v) is 3.12. The first-order valence-corrected chi connectivity index (χ1v) is 6.02. The zero-order valence-electron chi connectivity index (χ0n) is 8.46. The molecule has 1 aromatic heterocycles. The maximum Gasteiger partial charge on any atom is 0.181 e. The maximum absolute atomic E-state index is 11.7. The third-order valence-electron chi connectivity index (χ3n) is 2.76. The zero-order chi connectivity index (χ0) is 10.4. The van der Waals surface area contributed by atoms with Gasteiger partial charge in [0.05, 0.1) is 5.69 Å². The maximum atomic E-state index is 11.7. The van der Waals surface area contributed by atoms with Gasteiger partial charge in [0.25, 0.3) is 0 Å². The van der Waals surface area contributed by atoms with Crippen molar-refractivity contribution in [2.45, 2.75) is 18.2 Å². The van der Waals surface area contributed by atoms with E-state index < -0.39 is 0 Å². The number of H-pyrrole nitrogens is 1. The van der Waals surface area contributed by atoms with E-state index in [1.54, 1.807) is 11.8 Å². The number of nitrogens with one attached hydrogen (secondary N) is 1. The summed E-state index contributed by atoms with van der Waals surface area (Å²) in [6.45, 7) is 2.08. The van der Waals surface area contributed by atoms with Gasteiger partial charge in [-0.05, 0) is 19.1 Å². The quantitative estimate of drug-likeness (QED) is 0.735. The fraction of sp³-hybridized carbons (Fsp3) is 0.250. The molecule has 1 aliphatic heterocycles. The van der Waals surface area contributed by atoms with E-state index in [0.29, 0.717) is 6.42 Å². The molecular weight excluding hydrogens is 206 g/mol. The molecule has 1 aliphatic rings. The largest absolute Gasteiger partial charge is 0.351 e. The minimum absolute atomic E-state index is 0.248.